The van der Waals surface area contributed by atoms with Crippen LogP contribution in [0.2, 0.25) is 0 Å². The van der Waals surface area contributed by atoms with Gasteiger partial charge in [-0.05, 0) is 41.9 Å². The second kappa shape index (κ2) is 9.90. The van der Waals surface area contributed by atoms with Crippen molar-refractivity contribution in [3.8, 4) is 0 Å². The molecule has 0 spiro atoms. The molecule has 6 heteroatoms. The van der Waals surface area contributed by atoms with Crippen LogP contribution in [0.25, 0.3) is 0 Å². The molecule has 1 aromatic rings. The van der Waals surface area contributed by atoms with Crippen molar-refractivity contribution >= 4 is 11.8 Å². The Labute approximate surface area is 180 Å². The Morgan fingerprint density at radius 1 is 1.13 bits per heavy atom. The summed E-state index contributed by atoms with van der Waals surface area (Å²) in [5, 5.41) is 3.04. The summed E-state index contributed by atoms with van der Waals surface area (Å²) in [5.41, 5.74) is 0.753. The molecule has 1 atom stereocenters. The number of hydrogen-bond donors (Lipinski definition) is 1. The molecule has 3 rings (SSSR count). The average molecular weight is 418 g/mol. The van der Waals surface area contributed by atoms with Gasteiger partial charge in [0, 0.05) is 39.1 Å². The van der Waals surface area contributed by atoms with Crippen LogP contribution in [-0.2, 0) is 16.1 Å². The maximum atomic E-state index is 13.4. The van der Waals surface area contributed by atoms with Gasteiger partial charge < -0.3 is 10.2 Å². The lowest BCUT2D eigenvalue weighted by Gasteiger charge is -2.41. The van der Waals surface area contributed by atoms with Gasteiger partial charge in [-0.3, -0.25) is 14.5 Å². The van der Waals surface area contributed by atoms with E-state index in [4.69, 9.17) is 0 Å². The molecule has 1 aromatic carbocycles. The zero-order valence-electron chi connectivity index (χ0n) is 18.6. The molecule has 2 amide bonds. The van der Waals surface area contributed by atoms with E-state index < -0.39 is 0 Å². The molecule has 1 saturated heterocycles. The fourth-order valence-corrected chi connectivity index (χ4v) is 4.71. The maximum Gasteiger partial charge on any atom is 0.237 e. The van der Waals surface area contributed by atoms with Gasteiger partial charge in [-0.25, -0.2) is 4.39 Å². The van der Waals surface area contributed by atoms with E-state index in [1.165, 1.54) is 25.0 Å². The molecule has 30 heavy (non-hydrogen) atoms. The number of carbonyl (C=O) groups excluding carboxylic acids is 2. The average Bonchev–Trinajstić information content (AvgIpc) is 3.20. The van der Waals surface area contributed by atoms with Crippen LogP contribution in [0.4, 0.5) is 4.39 Å². The van der Waals surface area contributed by atoms with Gasteiger partial charge >= 0.3 is 0 Å². The fraction of sp³-hybridized carbons (Fsp3) is 0.667. The quantitative estimate of drug-likeness (QED) is 0.770. The highest BCUT2D eigenvalue weighted by Crippen LogP contribution is 2.31. The number of amides is 2. The standard InChI is InChI=1S/C24H36FN3O2/c1-24(2,3)16-21(29)27-11-13-28(14-12-27)22(19-8-4-5-9-19)23(30)26-17-18-7-6-10-20(25)15-18/h6-7,10,15,19,22H,4-5,8-9,11-14,16-17H2,1-3H3,(H,26,30)/t22-/m0/s1. The first-order chi connectivity index (χ1) is 14.2. The minimum absolute atomic E-state index is 0.0165. The Bertz CT molecular complexity index is 732. The molecular weight excluding hydrogens is 381 g/mol. The Morgan fingerprint density at radius 3 is 2.40 bits per heavy atom. The molecule has 1 aliphatic carbocycles. The second-order valence-corrected chi connectivity index (χ2v) is 9.99. The van der Waals surface area contributed by atoms with Crippen LogP contribution in [0, 0.1) is 17.2 Å². The highest BCUT2D eigenvalue weighted by atomic mass is 19.1. The van der Waals surface area contributed by atoms with E-state index in [0.717, 1.165) is 31.5 Å². The SMILES string of the molecule is CC(C)(C)CC(=O)N1CCN([C@H](C(=O)NCc2cccc(F)c2)C2CCCC2)CC1. The lowest BCUT2D eigenvalue weighted by Crippen LogP contribution is -2.58. The summed E-state index contributed by atoms with van der Waals surface area (Å²) in [4.78, 5) is 29.9. The van der Waals surface area contributed by atoms with Crippen molar-refractivity contribution in [2.75, 3.05) is 26.2 Å². The summed E-state index contributed by atoms with van der Waals surface area (Å²) in [6, 6.07) is 6.20. The molecular formula is C24H36FN3O2. The van der Waals surface area contributed by atoms with Gasteiger partial charge in [0.25, 0.3) is 0 Å². The number of hydrogen-bond acceptors (Lipinski definition) is 3. The van der Waals surface area contributed by atoms with Crippen LogP contribution in [0.5, 0.6) is 0 Å². The third kappa shape index (κ3) is 6.27. The maximum absolute atomic E-state index is 13.4. The van der Waals surface area contributed by atoms with Crippen molar-refractivity contribution in [2.45, 2.75) is 65.5 Å². The summed E-state index contributed by atoms with van der Waals surface area (Å²) in [5.74, 6) is 0.301. The number of piperazine rings is 1. The molecule has 1 aliphatic heterocycles. The number of nitrogens with one attached hydrogen (secondary N) is 1. The second-order valence-electron chi connectivity index (χ2n) is 9.99. The third-order valence-corrected chi connectivity index (χ3v) is 6.21. The fourth-order valence-electron chi connectivity index (χ4n) is 4.71. The summed E-state index contributed by atoms with van der Waals surface area (Å²) in [6.45, 7) is 9.39. The Balaban J connectivity index is 1.60. The molecule has 2 fully saturated rings. The van der Waals surface area contributed by atoms with Crippen LogP contribution < -0.4 is 5.32 Å². The van der Waals surface area contributed by atoms with E-state index in [1.807, 2.05) is 11.0 Å². The van der Waals surface area contributed by atoms with Gasteiger partial charge in [0.05, 0.1) is 6.04 Å². The largest absolute Gasteiger partial charge is 0.351 e. The molecule has 1 N–H and O–H groups in total. The smallest absolute Gasteiger partial charge is 0.237 e. The van der Waals surface area contributed by atoms with Crippen molar-refractivity contribution < 1.29 is 14.0 Å². The van der Waals surface area contributed by atoms with Crippen LogP contribution >= 0.6 is 0 Å². The molecule has 166 valence electrons. The summed E-state index contributed by atoms with van der Waals surface area (Å²) in [6.07, 6.45) is 5.03. The number of carbonyl (C=O) groups is 2. The molecule has 0 bridgehead atoms. The van der Waals surface area contributed by atoms with E-state index in [0.29, 0.717) is 32.0 Å². The van der Waals surface area contributed by atoms with E-state index in [1.54, 1.807) is 6.07 Å². The summed E-state index contributed by atoms with van der Waals surface area (Å²) < 4.78 is 13.4. The molecule has 1 saturated carbocycles. The van der Waals surface area contributed by atoms with E-state index in [-0.39, 0.29) is 29.1 Å². The van der Waals surface area contributed by atoms with Gasteiger partial charge in [0.2, 0.25) is 11.8 Å². The zero-order valence-corrected chi connectivity index (χ0v) is 18.6. The highest BCUT2D eigenvalue weighted by Gasteiger charge is 2.37. The first-order valence-corrected chi connectivity index (χ1v) is 11.3. The Kier molecular flexibility index (Phi) is 7.50. The topological polar surface area (TPSA) is 52.7 Å². The van der Waals surface area contributed by atoms with Gasteiger partial charge in [0.15, 0.2) is 0 Å². The van der Waals surface area contributed by atoms with Gasteiger partial charge in [-0.15, -0.1) is 0 Å². The van der Waals surface area contributed by atoms with E-state index in [9.17, 15) is 14.0 Å². The molecule has 5 nitrogen and oxygen atoms in total. The van der Waals surface area contributed by atoms with Gasteiger partial charge in [0.1, 0.15) is 5.82 Å². The van der Waals surface area contributed by atoms with Gasteiger partial charge in [-0.2, -0.15) is 0 Å². The zero-order chi connectivity index (χ0) is 21.7. The van der Waals surface area contributed by atoms with E-state index >= 15 is 0 Å². The predicted molar refractivity (Wildman–Crippen MR) is 116 cm³/mol. The first kappa shape index (κ1) is 22.7. The van der Waals surface area contributed by atoms with Crippen molar-refractivity contribution in [1.82, 2.24) is 15.1 Å². The van der Waals surface area contributed by atoms with Gasteiger partial charge in [-0.1, -0.05) is 45.7 Å². The lowest BCUT2D eigenvalue weighted by atomic mass is 9.91. The third-order valence-electron chi connectivity index (χ3n) is 6.21. The summed E-state index contributed by atoms with van der Waals surface area (Å²) in [7, 11) is 0. The van der Waals surface area contributed by atoms with Crippen molar-refractivity contribution in [3.05, 3.63) is 35.6 Å². The van der Waals surface area contributed by atoms with Crippen LogP contribution in [0.15, 0.2) is 24.3 Å². The Hall–Kier alpha value is -1.95. The molecule has 0 unspecified atom stereocenters. The highest BCUT2D eigenvalue weighted by molar-refractivity contribution is 5.82. The van der Waals surface area contributed by atoms with E-state index in [2.05, 4.69) is 31.0 Å². The Morgan fingerprint density at radius 2 is 1.80 bits per heavy atom. The normalized spacial score (nSPS) is 19.7. The molecule has 0 aromatic heterocycles. The monoisotopic (exact) mass is 417 g/mol. The summed E-state index contributed by atoms with van der Waals surface area (Å²) >= 11 is 0. The molecule has 0 radical (unpaired) electrons. The van der Waals surface area contributed by atoms with Crippen LogP contribution in [0.3, 0.4) is 0 Å². The minimum Gasteiger partial charge on any atom is -0.351 e. The number of halogens is 1. The molecule has 2 aliphatic rings. The number of benzene rings is 1. The van der Waals surface area contributed by atoms with Crippen LogP contribution in [-0.4, -0.2) is 53.8 Å². The predicted octanol–water partition coefficient (Wildman–Crippen LogP) is 3.58. The van der Waals surface area contributed by atoms with Crippen LogP contribution in [0.1, 0.15) is 58.4 Å². The number of nitrogens with zero attached hydrogens (tertiary/aromatic N) is 2. The van der Waals surface area contributed by atoms with Crippen molar-refractivity contribution in [1.29, 1.82) is 0 Å². The first-order valence-electron chi connectivity index (χ1n) is 11.3. The van der Waals surface area contributed by atoms with Crippen molar-refractivity contribution in [2.24, 2.45) is 11.3 Å². The number of rotatable bonds is 6. The van der Waals surface area contributed by atoms with Crippen molar-refractivity contribution in [3.63, 3.8) is 0 Å². The minimum atomic E-state index is -0.287. The molecule has 1 heterocycles. The lowest BCUT2D eigenvalue weighted by molar-refractivity contribution is -0.136.